The van der Waals surface area contributed by atoms with Crippen LogP contribution in [0.1, 0.15) is 53.4 Å². The van der Waals surface area contributed by atoms with E-state index in [1.165, 1.54) is 6.07 Å². The molecule has 3 heteroatoms. The monoisotopic (exact) mass is 376 g/mol. The van der Waals surface area contributed by atoms with Crippen LogP contribution in [-0.2, 0) is 0 Å². The largest absolute Gasteiger partial charge is 0.384 e. The van der Waals surface area contributed by atoms with E-state index >= 15 is 0 Å². The van der Waals surface area contributed by atoms with Crippen molar-refractivity contribution >= 4 is 5.78 Å². The Morgan fingerprint density at radius 2 is 1.68 bits per heavy atom. The number of aliphatic hydroxyl groups is 1. The van der Waals surface area contributed by atoms with E-state index in [-0.39, 0.29) is 17.5 Å². The number of hydrogen-bond acceptors (Lipinski definition) is 2. The molecular formula is C25H25FO2. The fourth-order valence-corrected chi connectivity index (χ4v) is 3.30. The van der Waals surface area contributed by atoms with Crippen LogP contribution in [0.4, 0.5) is 4.39 Å². The second-order valence-electron chi connectivity index (χ2n) is 7.66. The van der Waals surface area contributed by atoms with Crippen molar-refractivity contribution in [2.45, 2.75) is 33.3 Å². The average molecular weight is 376 g/mol. The van der Waals surface area contributed by atoms with Crippen LogP contribution in [0.25, 0.3) is 11.1 Å². The maximum Gasteiger partial charge on any atom is 0.163 e. The first-order valence-electron chi connectivity index (χ1n) is 9.53. The van der Waals surface area contributed by atoms with Crippen LogP contribution >= 0.6 is 0 Å². The summed E-state index contributed by atoms with van der Waals surface area (Å²) in [6.45, 7) is 5.81. The lowest BCUT2D eigenvalue weighted by Crippen LogP contribution is -2.07. The Hall–Kier alpha value is -2.78. The second kappa shape index (κ2) is 8.49. The minimum atomic E-state index is -0.889. The summed E-state index contributed by atoms with van der Waals surface area (Å²) in [5.74, 6) is -0.130. The Balaban J connectivity index is 2.12. The minimum Gasteiger partial charge on any atom is -0.384 e. The molecule has 28 heavy (non-hydrogen) atoms. The molecule has 0 bridgehead atoms. The lowest BCUT2D eigenvalue weighted by molar-refractivity contribution is 0.0967. The molecule has 3 aromatic carbocycles. The summed E-state index contributed by atoms with van der Waals surface area (Å²) in [4.78, 5) is 12.7. The standard InChI is InChI=1S/C25H25FO2/c1-16(2)11-24(27)20-13-19(22-10-9-17(3)12-23(22)26)14-21(15-20)25(28)18-7-5-4-6-8-18/h4-10,12-16,25,28H,11H2,1-3H3. The molecule has 0 saturated heterocycles. The van der Waals surface area contributed by atoms with Crippen LogP contribution in [0.15, 0.2) is 66.7 Å². The molecule has 1 N–H and O–H groups in total. The number of Topliss-reactive ketones (excluding diaryl/α,β-unsaturated/α-hetero) is 1. The molecule has 0 saturated carbocycles. The fourth-order valence-electron chi connectivity index (χ4n) is 3.30. The summed E-state index contributed by atoms with van der Waals surface area (Å²) < 4.78 is 14.6. The highest BCUT2D eigenvalue weighted by atomic mass is 19.1. The maximum atomic E-state index is 14.6. The van der Waals surface area contributed by atoms with Gasteiger partial charge in [0.2, 0.25) is 0 Å². The van der Waals surface area contributed by atoms with Crippen molar-refractivity contribution in [3.8, 4) is 11.1 Å². The fraction of sp³-hybridized carbons (Fsp3) is 0.240. The molecule has 3 aromatic rings. The van der Waals surface area contributed by atoms with Gasteiger partial charge in [0.05, 0.1) is 0 Å². The highest BCUT2D eigenvalue weighted by Gasteiger charge is 2.17. The molecule has 0 aliphatic heterocycles. The summed E-state index contributed by atoms with van der Waals surface area (Å²) in [5, 5.41) is 10.9. The van der Waals surface area contributed by atoms with Crippen molar-refractivity contribution < 1.29 is 14.3 Å². The summed E-state index contributed by atoms with van der Waals surface area (Å²) in [7, 11) is 0. The SMILES string of the molecule is Cc1ccc(-c2cc(C(=O)CC(C)C)cc(C(O)c3ccccc3)c2)c(F)c1. The molecule has 0 aliphatic rings. The number of hydrogen-bond donors (Lipinski definition) is 1. The van der Waals surface area contributed by atoms with Gasteiger partial charge in [-0.2, -0.15) is 0 Å². The lowest BCUT2D eigenvalue weighted by Gasteiger charge is -2.16. The third-order valence-corrected chi connectivity index (χ3v) is 4.74. The molecule has 1 atom stereocenters. The predicted molar refractivity (Wildman–Crippen MR) is 111 cm³/mol. The lowest BCUT2D eigenvalue weighted by atomic mass is 9.91. The van der Waals surface area contributed by atoms with Gasteiger partial charge in [-0.25, -0.2) is 4.39 Å². The van der Waals surface area contributed by atoms with E-state index in [1.807, 2.05) is 57.2 Å². The number of benzene rings is 3. The van der Waals surface area contributed by atoms with Gasteiger partial charge >= 0.3 is 0 Å². The zero-order valence-corrected chi connectivity index (χ0v) is 16.4. The van der Waals surface area contributed by atoms with Crippen LogP contribution in [0.3, 0.4) is 0 Å². The van der Waals surface area contributed by atoms with Gasteiger partial charge < -0.3 is 5.11 Å². The Morgan fingerprint density at radius 3 is 2.32 bits per heavy atom. The van der Waals surface area contributed by atoms with E-state index < -0.39 is 6.10 Å². The van der Waals surface area contributed by atoms with Crippen molar-refractivity contribution in [2.75, 3.05) is 0 Å². The van der Waals surface area contributed by atoms with Crippen molar-refractivity contribution in [3.05, 3.63) is 94.8 Å². The molecule has 0 aliphatic carbocycles. The topological polar surface area (TPSA) is 37.3 Å². The molecule has 2 nitrogen and oxygen atoms in total. The van der Waals surface area contributed by atoms with Gasteiger partial charge in [-0.3, -0.25) is 4.79 Å². The first-order valence-corrected chi connectivity index (χ1v) is 9.53. The van der Waals surface area contributed by atoms with Gasteiger partial charge in [0.25, 0.3) is 0 Å². The Morgan fingerprint density at radius 1 is 0.964 bits per heavy atom. The third-order valence-electron chi connectivity index (χ3n) is 4.74. The molecule has 0 aromatic heterocycles. The number of rotatable bonds is 6. The number of carbonyl (C=O) groups is 1. The van der Waals surface area contributed by atoms with Crippen LogP contribution in [0.2, 0.25) is 0 Å². The van der Waals surface area contributed by atoms with Crippen molar-refractivity contribution in [3.63, 3.8) is 0 Å². The summed E-state index contributed by atoms with van der Waals surface area (Å²) in [6.07, 6.45) is -0.485. The normalized spacial score (nSPS) is 12.2. The molecule has 1 unspecified atom stereocenters. The molecule has 0 fully saturated rings. The summed E-state index contributed by atoms with van der Waals surface area (Å²) >= 11 is 0. The van der Waals surface area contributed by atoms with E-state index in [4.69, 9.17) is 0 Å². The zero-order valence-electron chi connectivity index (χ0n) is 16.4. The van der Waals surface area contributed by atoms with E-state index in [0.717, 1.165) is 11.1 Å². The maximum absolute atomic E-state index is 14.6. The summed E-state index contributed by atoms with van der Waals surface area (Å²) in [6, 6.07) is 19.5. The molecule has 144 valence electrons. The van der Waals surface area contributed by atoms with E-state index in [0.29, 0.717) is 28.7 Å². The molecule has 0 spiro atoms. The van der Waals surface area contributed by atoms with Gasteiger partial charge in [0.1, 0.15) is 11.9 Å². The highest BCUT2D eigenvalue weighted by molar-refractivity contribution is 5.97. The first-order chi connectivity index (χ1) is 13.3. The third kappa shape index (κ3) is 4.55. The van der Waals surface area contributed by atoms with Crippen molar-refractivity contribution in [1.29, 1.82) is 0 Å². The zero-order chi connectivity index (χ0) is 20.3. The smallest absolute Gasteiger partial charge is 0.163 e. The molecule has 0 amide bonds. The minimum absolute atomic E-state index is 0.00844. The molecule has 0 radical (unpaired) electrons. The Labute approximate surface area is 165 Å². The number of halogens is 1. The van der Waals surface area contributed by atoms with Gasteiger partial charge in [0, 0.05) is 17.5 Å². The molecule has 0 heterocycles. The second-order valence-corrected chi connectivity index (χ2v) is 7.66. The quantitative estimate of drug-likeness (QED) is 0.527. The van der Waals surface area contributed by atoms with E-state index in [2.05, 4.69) is 0 Å². The van der Waals surface area contributed by atoms with E-state index in [9.17, 15) is 14.3 Å². The van der Waals surface area contributed by atoms with Crippen LogP contribution in [0.5, 0.6) is 0 Å². The number of aliphatic hydroxyl groups excluding tert-OH is 1. The van der Waals surface area contributed by atoms with Crippen molar-refractivity contribution in [2.24, 2.45) is 5.92 Å². The van der Waals surface area contributed by atoms with Gasteiger partial charge in [-0.05, 0) is 59.4 Å². The average Bonchev–Trinajstić information content (AvgIpc) is 2.67. The highest BCUT2D eigenvalue weighted by Crippen LogP contribution is 2.31. The Bertz CT molecular complexity index is 977. The van der Waals surface area contributed by atoms with Crippen LogP contribution in [-0.4, -0.2) is 10.9 Å². The van der Waals surface area contributed by atoms with Gasteiger partial charge in [-0.15, -0.1) is 0 Å². The van der Waals surface area contributed by atoms with Crippen molar-refractivity contribution in [1.82, 2.24) is 0 Å². The number of aryl methyl sites for hydroxylation is 1. The first kappa shape index (κ1) is 20.0. The van der Waals surface area contributed by atoms with Crippen LogP contribution < -0.4 is 0 Å². The summed E-state index contributed by atoms with van der Waals surface area (Å²) in [5.41, 5.74) is 3.65. The predicted octanol–water partition coefficient (Wildman–Crippen LogP) is 6.11. The number of ketones is 1. The molecule has 3 rings (SSSR count). The Kier molecular flexibility index (Phi) is 6.05. The van der Waals surface area contributed by atoms with E-state index in [1.54, 1.807) is 24.3 Å². The van der Waals surface area contributed by atoms with Gasteiger partial charge in [0.15, 0.2) is 5.78 Å². The van der Waals surface area contributed by atoms with Gasteiger partial charge in [-0.1, -0.05) is 56.3 Å². The van der Waals surface area contributed by atoms with Crippen LogP contribution in [0, 0.1) is 18.7 Å². The molecular weight excluding hydrogens is 351 g/mol. The number of carbonyl (C=O) groups excluding carboxylic acids is 1.